The molecule has 0 saturated heterocycles. The van der Waals surface area contributed by atoms with E-state index in [0.717, 1.165) is 29.3 Å². The summed E-state index contributed by atoms with van der Waals surface area (Å²) in [5.74, 6) is 1.44. The number of carbonyl (C=O) groups excluding carboxylic acids is 1. The summed E-state index contributed by atoms with van der Waals surface area (Å²) in [5, 5.41) is 3.03. The summed E-state index contributed by atoms with van der Waals surface area (Å²) in [4.78, 5) is 12.4. The lowest BCUT2D eigenvalue weighted by Crippen LogP contribution is -2.45. The molecular formula is C17H24N2O4S. The highest BCUT2D eigenvalue weighted by molar-refractivity contribution is 7.92. The summed E-state index contributed by atoms with van der Waals surface area (Å²) in [6.45, 7) is -0.229. The predicted molar refractivity (Wildman–Crippen MR) is 92.6 cm³/mol. The molecule has 1 N–H and O–H groups in total. The van der Waals surface area contributed by atoms with Crippen molar-refractivity contribution in [3.05, 3.63) is 24.3 Å². The summed E-state index contributed by atoms with van der Waals surface area (Å²) in [6, 6.07) is 7.00. The number of nitrogens with one attached hydrogen (secondary N) is 1. The summed E-state index contributed by atoms with van der Waals surface area (Å²) >= 11 is 0. The highest BCUT2D eigenvalue weighted by atomic mass is 32.2. The number of rotatable bonds is 6. The van der Waals surface area contributed by atoms with E-state index in [2.05, 4.69) is 5.32 Å². The number of fused-ring (bicyclic) bond motifs is 2. The van der Waals surface area contributed by atoms with Crippen molar-refractivity contribution < 1.29 is 17.9 Å². The van der Waals surface area contributed by atoms with E-state index in [1.54, 1.807) is 24.3 Å². The fourth-order valence-corrected chi connectivity index (χ4v) is 4.88. The van der Waals surface area contributed by atoms with Crippen LogP contribution < -0.4 is 14.4 Å². The molecule has 1 aromatic rings. The molecule has 0 spiro atoms. The minimum absolute atomic E-state index is 0.190. The van der Waals surface area contributed by atoms with E-state index in [9.17, 15) is 13.2 Å². The van der Waals surface area contributed by atoms with Crippen LogP contribution in [-0.4, -0.2) is 40.3 Å². The van der Waals surface area contributed by atoms with E-state index in [4.69, 9.17) is 4.74 Å². The lowest BCUT2D eigenvalue weighted by molar-refractivity contribution is -0.120. The number of hydrogen-bond acceptors (Lipinski definition) is 4. The van der Waals surface area contributed by atoms with Crippen molar-refractivity contribution in [3.63, 3.8) is 0 Å². The van der Waals surface area contributed by atoms with Crippen LogP contribution in [0.1, 0.15) is 25.7 Å². The molecule has 7 heteroatoms. The zero-order chi connectivity index (χ0) is 17.3. The molecule has 3 unspecified atom stereocenters. The molecule has 1 amide bonds. The van der Waals surface area contributed by atoms with Gasteiger partial charge in [0.15, 0.2) is 0 Å². The van der Waals surface area contributed by atoms with Gasteiger partial charge in [0.25, 0.3) is 0 Å². The van der Waals surface area contributed by atoms with Gasteiger partial charge in [0.05, 0.1) is 19.1 Å². The lowest BCUT2D eigenvalue weighted by atomic mass is 9.95. The normalized spacial score (nSPS) is 25.5. The molecule has 0 aliphatic heterocycles. The maximum Gasteiger partial charge on any atom is 0.241 e. The summed E-state index contributed by atoms with van der Waals surface area (Å²) in [5.41, 5.74) is 0.380. The Hall–Kier alpha value is -1.76. The number of sulfonamides is 1. The minimum atomic E-state index is -3.60. The maximum atomic E-state index is 12.4. The smallest absolute Gasteiger partial charge is 0.241 e. The van der Waals surface area contributed by atoms with Gasteiger partial charge >= 0.3 is 0 Å². The molecule has 2 aliphatic carbocycles. The Morgan fingerprint density at radius 1 is 1.29 bits per heavy atom. The van der Waals surface area contributed by atoms with Crippen molar-refractivity contribution in [2.75, 3.05) is 24.2 Å². The van der Waals surface area contributed by atoms with Crippen LogP contribution in [0.15, 0.2) is 24.3 Å². The minimum Gasteiger partial charge on any atom is -0.495 e. The van der Waals surface area contributed by atoms with Crippen molar-refractivity contribution in [2.24, 2.45) is 11.8 Å². The molecule has 1 aromatic carbocycles. The molecular weight excluding hydrogens is 328 g/mol. The van der Waals surface area contributed by atoms with Crippen molar-refractivity contribution in [1.29, 1.82) is 0 Å². The number of para-hydroxylation sites is 2. The fraction of sp³-hybridized carbons (Fsp3) is 0.588. The van der Waals surface area contributed by atoms with E-state index in [1.807, 2.05) is 0 Å². The van der Waals surface area contributed by atoms with Crippen LogP contribution in [0, 0.1) is 11.8 Å². The topological polar surface area (TPSA) is 75.7 Å². The van der Waals surface area contributed by atoms with Crippen LogP contribution in [0.25, 0.3) is 0 Å². The monoisotopic (exact) mass is 352 g/mol. The molecule has 0 aromatic heterocycles. The second-order valence-electron chi connectivity index (χ2n) is 6.79. The predicted octanol–water partition coefficient (Wildman–Crippen LogP) is 1.77. The third-order valence-corrected chi connectivity index (χ3v) is 6.25. The van der Waals surface area contributed by atoms with E-state index < -0.39 is 10.0 Å². The number of nitrogens with zero attached hydrogens (tertiary/aromatic N) is 1. The van der Waals surface area contributed by atoms with Crippen molar-refractivity contribution in [1.82, 2.24) is 5.32 Å². The van der Waals surface area contributed by atoms with Gasteiger partial charge in [0, 0.05) is 6.04 Å². The number of amides is 1. The number of ether oxygens (including phenoxy) is 1. The molecule has 24 heavy (non-hydrogen) atoms. The van der Waals surface area contributed by atoms with Crippen LogP contribution in [0.4, 0.5) is 5.69 Å². The summed E-state index contributed by atoms with van der Waals surface area (Å²) in [7, 11) is -2.12. The van der Waals surface area contributed by atoms with Crippen LogP contribution in [0.5, 0.6) is 5.75 Å². The highest BCUT2D eigenvalue weighted by Crippen LogP contribution is 2.44. The molecule has 2 aliphatic rings. The Morgan fingerprint density at radius 2 is 2.04 bits per heavy atom. The Balaban J connectivity index is 1.74. The zero-order valence-electron chi connectivity index (χ0n) is 14.1. The second-order valence-corrected chi connectivity index (χ2v) is 8.70. The van der Waals surface area contributed by atoms with E-state index in [-0.39, 0.29) is 18.5 Å². The number of methoxy groups -OCH3 is 1. The third-order valence-electron chi connectivity index (χ3n) is 5.13. The molecule has 3 rings (SSSR count). The van der Waals surface area contributed by atoms with Crippen LogP contribution in [-0.2, 0) is 14.8 Å². The molecule has 2 bridgehead atoms. The van der Waals surface area contributed by atoms with E-state index in [0.29, 0.717) is 17.4 Å². The van der Waals surface area contributed by atoms with Crippen LogP contribution in [0.3, 0.4) is 0 Å². The van der Waals surface area contributed by atoms with Gasteiger partial charge < -0.3 is 10.1 Å². The third kappa shape index (κ3) is 3.50. The number of hydrogen-bond donors (Lipinski definition) is 1. The highest BCUT2D eigenvalue weighted by Gasteiger charge is 2.40. The first-order valence-corrected chi connectivity index (χ1v) is 10.1. The SMILES string of the molecule is COc1ccccc1N(CC(=O)NC1CC2CCC1C2)S(C)(=O)=O. The first-order valence-electron chi connectivity index (χ1n) is 8.28. The summed E-state index contributed by atoms with van der Waals surface area (Å²) < 4.78 is 30.7. The molecule has 6 nitrogen and oxygen atoms in total. The first kappa shape index (κ1) is 17.1. The number of benzene rings is 1. The Kier molecular flexibility index (Phi) is 4.71. The van der Waals surface area contributed by atoms with Gasteiger partial charge in [0.2, 0.25) is 15.9 Å². The van der Waals surface area contributed by atoms with Crippen LogP contribution >= 0.6 is 0 Å². The van der Waals surface area contributed by atoms with Crippen molar-refractivity contribution >= 4 is 21.6 Å². The molecule has 132 valence electrons. The van der Waals surface area contributed by atoms with Gasteiger partial charge in [-0.3, -0.25) is 9.10 Å². The first-order chi connectivity index (χ1) is 11.4. The van der Waals surface area contributed by atoms with E-state index >= 15 is 0 Å². The van der Waals surface area contributed by atoms with E-state index in [1.165, 1.54) is 20.0 Å². The lowest BCUT2D eigenvalue weighted by Gasteiger charge is -2.27. The molecule has 2 saturated carbocycles. The van der Waals surface area contributed by atoms with Gasteiger partial charge in [-0.2, -0.15) is 0 Å². The Morgan fingerprint density at radius 3 is 2.62 bits per heavy atom. The average molecular weight is 352 g/mol. The largest absolute Gasteiger partial charge is 0.495 e. The average Bonchev–Trinajstić information content (AvgIpc) is 3.14. The van der Waals surface area contributed by atoms with Crippen molar-refractivity contribution in [2.45, 2.75) is 31.7 Å². The quantitative estimate of drug-likeness (QED) is 0.846. The standard InChI is InChI=1S/C17H24N2O4S/c1-23-16-6-4-3-5-15(16)19(24(2,21)22)11-17(20)18-14-10-12-7-8-13(14)9-12/h3-6,12-14H,7-11H2,1-2H3,(H,18,20). The van der Waals surface area contributed by atoms with Gasteiger partial charge in [0.1, 0.15) is 12.3 Å². The Labute approximate surface area is 143 Å². The van der Waals surface area contributed by atoms with Gasteiger partial charge in [-0.1, -0.05) is 18.6 Å². The number of anilines is 1. The van der Waals surface area contributed by atoms with Crippen molar-refractivity contribution in [3.8, 4) is 5.75 Å². The summed E-state index contributed by atoms with van der Waals surface area (Å²) in [6.07, 6.45) is 5.73. The maximum absolute atomic E-state index is 12.4. The Bertz CT molecular complexity index is 719. The van der Waals surface area contributed by atoms with Gasteiger partial charge in [-0.05, 0) is 43.2 Å². The van der Waals surface area contributed by atoms with Gasteiger partial charge in [-0.25, -0.2) is 8.42 Å². The van der Waals surface area contributed by atoms with Gasteiger partial charge in [-0.15, -0.1) is 0 Å². The molecule has 0 radical (unpaired) electrons. The zero-order valence-corrected chi connectivity index (χ0v) is 14.9. The fourth-order valence-electron chi connectivity index (χ4n) is 4.02. The van der Waals surface area contributed by atoms with Crippen LogP contribution in [0.2, 0.25) is 0 Å². The molecule has 0 heterocycles. The number of carbonyl (C=O) groups is 1. The molecule has 3 atom stereocenters. The molecule has 2 fully saturated rings. The second kappa shape index (κ2) is 6.63.